The van der Waals surface area contributed by atoms with Crippen LogP contribution in [0.15, 0.2) is 4.21 Å². The van der Waals surface area contributed by atoms with E-state index in [0.717, 1.165) is 24.2 Å². The van der Waals surface area contributed by atoms with Crippen molar-refractivity contribution in [1.29, 1.82) is 0 Å². The molecule has 5 nitrogen and oxygen atoms in total. The van der Waals surface area contributed by atoms with Gasteiger partial charge in [0.2, 0.25) is 0 Å². The molecule has 2 atom stereocenters. The van der Waals surface area contributed by atoms with E-state index < -0.39 is 10.0 Å². The van der Waals surface area contributed by atoms with E-state index in [9.17, 15) is 8.42 Å². The van der Waals surface area contributed by atoms with Gasteiger partial charge in [-0.05, 0) is 33.2 Å². The SMILES string of the molecule is Cc1nc(Cl)sc1S(=O)(=O)N1CCC2CCC(C1)N2C. The maximum atomic E-state index is 12.8. The molecule has 0 aromatic carbocycles. The normalized spacial score (nSPS) is 28.8. The summed E-state index contributed by atoms with van der Waals surface area (Å²) in [6.45, 7) is 2.86. The number of aryl methyl sites for hydroxylation is 1. The van der Waals surface area contributed by atoms with Gasteiger partial charge in [0.1, 0.15) is 0 Å². The lowest BCUT2D eigenvalue weighted by Crippen LogP contribution is -2.39. The van der Waals surface area contributed by atoms with Gasteiger partial charge in [0, 0.05) is 25.2 Å². The number of aromatic nitrogens is 1. The second kappa shape index (κ2) is 5.21. The Morgan fingerprint density at radius 3 is 2.65 bits per heavy atom. The zero-order chi connectivity index (χ0) is 14.5. The molecule has 2 aliphatic heterocycles. The predicted octanol–water partition coefficient (Wildman–Crippen LogP) is 1.96. The third kappa shape index (κ3) is 2.39. The Bertz CT molecular complexity index is 616. The minimum Gasteiger partial charge on any atom is -0.299 e. The lowest BCUT2D eigenvalue weighted by Gasteiger charge is -2.24. The van der Waals surface area contributed by atoms with Crippen LogP contribution in [0.1, 0.15) is 25.0 Å². The van der Waals surface area contributed by atoms with Crippen LogP contribution in [0.4, 0.5) is 0 Å². The fourth-order valence-electron chi connectivity index (χ4n) is 3.20. The molecule has 2 unspecified atom stereocenters. The monoisotopic (exact) mass is 335 g/mol. The van der Waals surface area contributed by atoms with Crippen molar-refractivity contribution in [3.63, 3.8) is 0 Å². The molecule has 3 rings (SSSR count). The van der Waals surface area contributed by atoms with Gasteiger partial charge in [-0.3, -0.25) is 4.90 Å². The molecule has 20 heavy (non-hydrogen) atoms. The molecule has 0 amide bonds. The second-order valence-corrected chi connectivity index (χ2v) is 9.26. The van der Waals surface area contributed by atoms with Crippen LogP contribution in [-0.4, -0.2) is 54.8 Å². The second-order valence-electron chi connectivity index (χ2n) is 5.54. The third-order valence-electron chi connectivity index (χ3n) is 4.41. The summed E-state index contributed by atoms with van der Waals surface area (Å²) in [7, 11) is -1.36. The molecule has 1 aromatic heterocycles. The zero-order valence-corrected chi connectivity index (χ0v) is 13.9. The first-order valence-electron chi connectivity index (χ1n) is 6.74. The van der Waals surface area contributed by atoms with Gasteiger partial charge in [0.25, 0.3) is 10.0 Å². The van der Waals surface area contributed by atoms with Crippen molar-refractivity contribution >= 4 is 33.0 Å². The molecule has 2 saturated heterocycles. The first-order chi connectivity index (χ1) is 9.39. The van der Waals surface area contributed by atoms with Crippen molar-refractivity contribution in [2.75, 3.05) is 20.1 Å². The fourth-order valence-corrected chi connectivity index (χ4v) is 6.57. The molecule has 0 N–H and O–H groups in total. The molecule has 0 radical (unpaired) electrons. The summed E-state index contributed by atoms with van der Waals surface area (Å²) in [6, 6.07) is 0.854. The van der Waals surface area contributed by atoms with Gasteiger partial charge in [-0.2, -0.15) is 4.31 Å². The molecule has 0 aliphatic carbocycles. The van der Waals surface area contributed by atoms with Gasteiger partial charge >= 0.3 is 0 Å². The van der Waals surface area contributed by atoms with Crippen molar-refractivity contribution in [3.05, 3.63) is 10.2 Å². The highest BCUT2D eigenvalue weighted by molar-refractivity contribution is 7.91. The van der Waals surface area contributed by atoms with Gasteiger partial charge < -0.3 is 0 Å². The van der Waals surface area contributed by atoms with Crippen LogP contribution in [0.3, 0.4) is 0 Å². The van der Waals surface area contributed by atoms with E-state index >= 15 is 0 Å². The number of hydrogen-bond donors (Lipinski definition) is 0. The lowest BCUT2D eigenvalue weighted by molar-refractivity contribution is 0.246. The molecule has 3 heterocycles. The molecular weight excluding hydrogens is 318 g/mol. The van der Waals surface area contributed by atoms with Crippen molar-refractivity contribution in [3.8, 4) is 0 Å². The highest BCUT2D eigenvalue weighted by Crippen LogP contribution is 2.34. The molecule has 0 saturated carbocycles. The van der Waals surface area contributed by atoms with Crippen LogP contribution < -0.4 is 0 Å². The molecule has 0 spiro atoms. The topological polar surface area (TPSA) is 53.5 Å². The highest BCUT2D eigenvalue weighted by atomic mass is 35.5. The first-order valence-corrected chi connectivity index (χ1v) is 9.38. The molecule has 1 aromatic rings. The minimum absolute atomic E-state index is 0.287. The predicted molar refractivity (Wildman–Crippen MR) is 79.8 cm³/mol. The number of halogens is 1. The van der Waals surface area contributed by atoms with Crippen LogP contribution >= 0.6 is 22.9 Å². The third-order valence-corrected chi connectivity index (χ3v) is 8.13. The molecule has 2 aliphatic rings. The zero-order valence-electron chi connectivity index (χ0n) is 11.5. The molecular formula is C12H18ClN3O2S2. The maximum Gasteiger partial charge on any atom is 0.254 e. The fraction of sp³-hybridized carbons (Fsp3) is 0.750. The number of sulfonamides is 1. The van der Waals surface area contributed by atoms with Gasteiger partial charge in [-0.1, -0.05) is 22.9 Å². The summed E-state index contributed by atoms with van der Waals surface area (Å²) >= 11 is 6.90. The Kier molecular flexibility index (Phi) is 3.83. The van der Waals surface area contributed by atoms with Crippen LogP contribution in [0.25, 0.3) is 0 Å². The summed E-state index contributed by atoms with van der Waals surface area (Å²) < 4.78 is 27.7. The Morgan fingerprint density at radius 2 is 2.00 bits per heavy atom. The van der Waals surface area contributed by atoms with E-state index in [1.807, 2.05) is 0 Å². The van der Waals surface area contributed by atoms with E-state index in [1.54, 1.807) is 11.2 Å². The average Bonchev–Trinajstić information content (AvgIpc) is 2.79. The van der Waals surface area contributed by atoms with Crippen LogP contribution in [-0.2, 0) is 10.0 Å². The van der Waals surface area contributed by atoms with Crippen molar-refractivity contribution < 1.29 is 8.42 Å². The van der Waals surface area contributed by atoms with Crippen molar-refractivity contribution in [2.24, 2.45) is 0 Å². The van der Waals surface area contributed by atoms with Gasteiger partial charge in [-0.25, -0.2) is 13.4 Å². The molecule has 2 fully saturated rings. The highest BCUT2D eigenvalue weighted by Gasteiger charge is 2.39. The molecule has 2 bridgehead atoms. The average molecular weight is 336 g/mol. The number of nitrogens with zero attached hydrogens (tertiary/aromatic N) is 3. The number of fused-ring (bicyclic) bond motifs is 2. The summed E-state index contributed by atoms with van der Waals surface area (Å²) in [5, 5.41) is 0. The Morgan fingerprint density at radius 1 is 1.30 bits per heavy atom. The van der Waals surface area contributed by atoms with Gasteiger partial charge in [-0.15, -0.1) is 0 Å². The van der Waals surface area contributed by atoms with Crippen molar-refractivity contribution in [2.45, 2.75) is 42.5 Å². The van der Waals surface area contributed by atoms with Crippen LogP contribution in [0, 0.1) is 6.92 Å². The van der Waals surface area contributed by atoms with E-state index in [0.29, 0.717) is 35.1 Å². The van der Waals surface area contributed by atoms with E-state index in [-0.39, 0.29) is 4.47 Å². The van der Waals surface area contributed by atoms with E-state index in [2.05, 4.69) is 16.9 Å². The molecule has 112 valence electrons. The van der Waals surface area contributed by atoms with Crippen LogP contribution in [0.2, 0.25) is 4.47 Å². The summed E-state index contributed by atoms with van der Waals surface area (Å²) in [4.78, 5) is 6.36. The Balaban J connectivity index is 1.90. The van der Waals surface area contributed by atoms with Gasteiger partial charge in [0.15, 0.2) is 8.68 Å². The van der Waals surface area contributed by atoms with E-state index in [4.69, 9.17) is 11.6 Å². The van der Waals surface area contributed by atoms with Crippen molar-refractivity contribution in [1.82, 2.24) is 14.2 Å². The summed E-state index contributed by atoms with van der Waals surface area (Å²) in [6.07, 6.45) is 3.16. The number of thiazole rings is 1. The molecule has 8 heteroatoms. The standard InChI is InChI=1S/C12H18ClN3O2S2/c1-8-11(19-12(13)14-8)20(17,18)16-6-5-9-3-4-10(7-16)15(9)2/h9-10H,3-7H2,1-2H3. The number of hydrogen-bond acceptors (Lipinski definition) is 5. The lowest BCUT2D eigenvalue weighted by atomic mass is 10.1. The summed E-state index contributed by atoms with van der Waals surface area (Å²) in [5.41, 5.74) is 0.503. The number of rotatable bonds is 2. The van der Waals surface area contributed by atoms with Crippen LogP contribution in [0.5, 0.6) is 0 Å². The Labute approximate surface area is 128 Å². The summed E-state index contributed by atoms with van der Waals surface area (Å²) in [5.74, 6) is 0. The number of likely N-dealkylation sites (N-methyl/N-ethyl adjacent to an activating group) is 1. The van der Waals surface area contributed by atoms with Gasteiger partial charge in [0.05, 0.1) is 5.69 Å². The largest absolute Gasteiger partial charge is 0.299 e. The maximum absolute atomic E-state index is 12.8. The quantitative estimate of drug-likeness (QED) is 0.829. The van der Waals surface area contributed by atoms with E-state index in [1.165, 1.54) is 6.42 Å². The minimum atomic E-state index is -3.46. The Hall–Kier alpha value is -0.210. The first kappa shape index (κ1) is 14.7. The smallest absolute Gasteiger partial charge is 0.254 e.